The van der Waals surface area contributed by atoms with E-state index in [1.54, 1.807) is 11.3 Å². The van der Waals surface area contributed by atoms with Crippen molar-refractivity contribution in [2.45, 2.75) is 45.4 Å². The molecule has 5 rings (SSSR count). The Bertz CT molecular complexity index is 1320. The minimum atomic E-state index is -0.170. The lowest BCUT2D eigenvalue weighted by Gasteiger charge is -2.09. The molecule has 0 radical (unpaired) electrons. The minimum absolute atomic E-state index is 0.0916. The summed E-state index contributed by atoms with van der Waals surface area (Å²) in [5.74, 6) is 0.375. The van der Waals surface area contributed by atoms with E-state index >= 15 is 0 Å². The number of hydrogen-bond acceptors (Lipinski definition) is 6. The number of nitrogens with zero attached hydrogens (tertiary/aromatic N) is 2. The second kappa shape index (κ2) is 7.76. The number of amides is 1. The maximum Gasteiger partial charge on any atom is 0.259 e. The summed E-state index contributed by atoms with van der Waals surface area (Å²) < 4.78 is 0.866. The van der Waals surface area contributed by atoms with Gasteiger partial charge in [0, 0.05) is 17.7 Å². The van der Waals surface area contributed by atoms with Crippen molar-refractivity contribution >= 4 is 65.7 Å². The van der Waals surface area contributed by atoms with Gasteiger partial charge in [0.05, 0.1) is 20.6 Å². The molecule has 3 heterocycles. The van der Waals surface area contributed by atoms with Crippen LogP contribution in [0.5, 0.6) is 0 Å². The van der Waals surface area contributed by atoms with E-state index in [2.05, 4.69) is 20.3 Å². The number of aromatic nitrogens is 3. The van der Waals surface area contributed by atoms with Crippen molar-refractivity contribution in [2.75, 3.05) is 5.32 Å². The number of thiazole rings is 1. The van der Waals surface area contributed by atoms with E-state index in [9.17, 15) is 9.59 Å². The van der Waals surface area contributed by atoms with E-state index < -0.39 is 0 Å². The Labute approximate surface area is 185 Å². The van der Waals surface area contributed by atoms with Crippen LogP contribution in [-0.4, -0.2) is 20.9 Å². The van der Waals surface area contributed by atoms with E-state index in [1.807, 2.05) is 19.1 Å². The summed E-state index contributed by atoms with van der Waals surface area (Å²) in [6, 6.07) is 3.75. The van der Waals surface area contributed by atoms with Gasteiger partial charge in [-0.15, -0.1) is 11.3 Å². The Morgan fingerprint density at radius 3 is 2.90 bits per heavy atom. The molecule has 4 aromatic rings. The quantitative estimate of drug-likeness (QED) is 0.450. The third-order valence-electron chi connectivity index (χ3n) is 5.41. The molecule has 1 amide bonds. The number of hydrogen-bond donors (Lipinski definition) is 2. The van der Waals surface area contributed by atoms with Crippen LogP contribution >= 0.6 is 34.3 Å². The van der Waals surface area contributed by atoms with Gasteiger partial charge in [-0.2, -0.15) is 0 Å². The molecule has 0 saturated carbocycles. The van der Waals surface area contributed by atoms with Crippen LogP contribution in [0.2, 0.25) is 5.02 Å². The number of aromatic amines is 1. The number of H-pyrrole nitrogens is 1. The molecule has 1 aliphatic carbocycles. The summed E-state index contributed by atoms with van der Waals surface area (Å²) in [5.41, 5.74) is 2.90. The Morgan fingerprint density at radius 1 is 1.23 bits per heavy atom. The standard InChI is InChI=1S/C21H19ClN4O2S2/c1-10-6-7-12(22)18-17(10)26-21(30-18)25-15(27)9-8-14-23-19(28)16-11-4-2-3-5-13(11)29-20(16)24-14/h6-7H,2-5,8-9H2,1H3,(H,23,24,28)(H,25,26,27). The van der Waals surface area contributed by atoms with E-state index in [0.717, 1.165) is 45.3 Å². The number of benzene rings is 1. The van der Waals surface area contributed by atoms with Crippen LogP contribution in [0.3, 0.4) is 0 Å². The number of halogens is 1. The van der Waals surface area contributed by atoms with Gasteiger partial charge in [0.25, 0.3) is 5.56 Å². The van der Waals surface area contributed by atoms with Crippen LogP contribution in [0.15, 0.2) is 16.9 Å². The average Bonchev–Trinajstić information content (AvgIpc) is 3.31. The van der Waals surface area contributed by atoms with Crippen LogP contribution < -0.4 is 10.9 Å². The molecule has 0 aliphatic heterocycles. The van der Waals surface area contributed by atoms with Gasteiger partial charge in [-0.25, -0.2) is 9.97 Å². The smallest absolute Gasteiger partial charge is 0.259 e. The van der Waals surface area contributed by atoms with Gasteiger partial charge in [-0.3, -0.25) is 9.59 Å². The van der Waals surface area contributed by atoms with Gasteiger partial charge < -0.3 is 10.3 Å². The summed E-state index contributed by atoms with van der Waals surface area (Å²) in [4.78, 5) is 39.1. The molecular formula is C21H19ClN4O2S2. The van der Waals surface area contributed by atoms with Gasteiger partial charge in [0.2, 0.25) is 5.91 Å². The second-order valence-electron chi connectivity index (χ2n) is 7.51. The van der Waals surface area contributed by atoms with Crippen LogP contribution in [0, 0.1) is 6.92 Å². The highest BCUT2D eigenvalue weighted by Gasteiger charge is 2.20. The topological polar surface area (TPSA) is 87.7 Å². The van der Waals surface area contributed by atoms with Crippen molar-refractivity contribution in [1.82, 2.24) is 15.0 Å². The van der Waals surface area contributed by atoms with Crippen molar-refractivity contribution in [3.63, 3.8) is 0 Å². The van der Waals surface area contributed by atoms with Crippen molar-refractivity contribution in [3.05, 3.63) is 49.3 Å². The monoisotopic (exact) mass is 458 g/mol. The maximum absolute atomic E-state index is 12.6. The molecule has 6 nitrogen and oxygen atoms in total. The first-order valence-electron chi connectivity index (χ1n) is 9.88. The first-order chi connectivity index (χ1) is 14.5. The highest BCUT2D eigenvalue weighted by molar-refractivity contribution is 7.23. The van der Waals surface area contributed by atoms with Crippen molar-refractivity contribution in [2.24, 2.45) is 0 Å². The van der Waals surface area contributed by atoms with Gasteiger partial charge >= 0.3 is 0 Å². The van der Waals surface area contributed by atoms with E-state index in [0.29, 0.717) is 22.4 Å². The number of carbonyl (C=O) groups excluding carboxylic acids is 1. The zero-order valence-electron chi connectivity index (χ0n) is 16.3. The molecule has 2 N–H and O–H groups in total. The number of aryl methyl sites for hydroxylation is 4. The van der Waals surface area contributed by atoms with Crippen molar-refractivity contribution < 1.29 is 4.79 Å². The number of thiophene rings is 1. The summed E-state index contributed by atoms with van der Waals surface area (Å²) in [7, 11) is 0. The highest BCUT2D eigenvalue weighted by atomic mass is 35.5. The molecule has 9 heteroatoms. The molecule has 1 aliphatic rings. The molecule has 3 aromatic heterocycles. The van der Waals surface area contributed by atoms with Gasteiger partial charge in [-0.05, 0) is 49.8 Å². The normalized spacial score (nSPS) is 13.7. The molecule has 0 unspecified atom stereocenters. The second-order valence-corrected chi connectivity index (χ2v) is 10.0. The fraction of sp³-hybridized carbons (Fsp3) is 0.333. The highest BCUT2D eigenvalue weighted by Crippen LogP contribution is 2.34. The summed E-state index contributed by atoms with van der Waals surface area (Å²) >= 11 is 9.22. The Kier molecular flexibility index (Phi) is 5.08. The average molecular weight is 459 g/mol. The Morgan fingerprint density at radius 2 is 2.07 bits per heavy atom. The number of carbonyl (C=O) groups is 1. The lowest BCUT2D eigenvalue weighted by molar-refractivity contribution is -0.116. The lowest BCUT2D eigenvalue weighted by Crippen LogP contribution is -2.16. The van der Waals surface area contributed by atoms with Crippen LogP contribution in [-0.2, 0) is 24.1 Å². The fourth-order valence-electron chi connectivity index (χ4n) is 3.90. The molecular weight excluding hydrogens is 440 g/mol. The van der Waals surface area contributed by atoms with Gasteiger partial charge in [0.1, 0.15) is 10.7 Å². The van der Waals surface area contributed by atoms with Crippen LogP contribution in [0.1, 0.15) is 41.1 Å². The SMILES string of the molecule is Cc1ccc(Cl)c2sc(NC(=O)CCc3nc4sc5c(c4c(=O)[nH]3)CCCC5)nc12. The number of rotatable bonds is 4. The largest absolute Gasteiger partial charge is 0.310 e. The van der Waals surface area contributed by atoms with Gasteiger partial charge in [0.15, 0.2) is 5.13 Å². The molecule has 1 aromatic carbocycles. The predicted molar refractivity (Wildman–Crippen MR) is 123 cm³/mol. The molecule has 0 atom stereocenters. The Balaban J connectivity index is 1.32. The third-order valence-corrected chi connectivity index (χ3v) is 8.02. The first-order valence-corrected chi connectivity index (χ1v) is 11.9. The summed E-state index contributed by atoms with van der Waals surface area (Å²) in [6.07, 6.45) is 4.84. The molecule has 30 heavy (non-hydrogen) atoms. The number of anilines is 1. The van der Waals surface area contributed by atoms with Crippen molar-refractivity contribution in [1.29, 1.82) is 0 Å². The molecule has 154 valence electrons. The summed E-state index contributed by atoms with van der Waals surface area (Å²) in [6.45, 7) is 1.96. The molecule has 0 saturated heterocycles. The van der Waals surface area contributed by atoms with E-state index in [4.69, 9.17) is 11.6 Å². The van der Waals surface area contributed by atoms with Gasteiger partial charge in [-0.1, -0.05) is 29.0 Å². The lowest BCUT2D eigenvalue weighted by atomic mass is 9.97. The molecule has 0 spiro atoms. The van der Waals surface area contributed by atoms with E-state index in [-0.39, 0.29) is 17.9 Å². The van der Waals surface area contributed by atoms with Crippen molar-refractivity contribution in [3.8, 4) is 0 Å². The molecule has 0 bridgehead atoms. The van der Waals surface area contributed by atoms with E-state index in [1.165, 1.54) is 28.2 Å². The number of nitrogens with one attached hydrogen (secondary N) is 2. The predicted octanol–water partition coefficient (Wildman–Crippen LogP) is 5.01. The molecule has 0 fully saturated rings. The minimum Gasteiger partial charge on any atom is -0.310 e. The summed E-state index contributed by atoms with van der Waals surface area (Å²) in [5, 5.41) is 4.73. The fourth-order valence-corrected chi connectivity index (χ4v) is 6.41. The zero-order valence-corrected chi connectivity index (χ0v) is 18.7. The third kappa shape index (κ3) is 3.53. The zero-order chi connectivity index (χ0) is 20.8. The first kappa shape index (κ1) is 19.7. The maximum atomic E-state index is 12.6. The van der Waals surface area contributed by atoms with Crippen LogP contribution in [0.25, 0.3) is 20.4 Å². The Hall–Kier alpha value is -2.29. The number of fused-ring (bicyclic) bond motifs is 4. The van der Waals surface area contributed by atoms with Crippen LogP contribution in [0.4, 0.5) is 5.13 Å².